The van der Waals surface area contributed by atoms with Crippen molar-refractivity contribution in [2.45, 2.75) is 90.4 Å². The third-order valence-corrected chi connectivity index (χ3v) is 9.91. The Hall–Kier alpha value is -1.84. The average Bonchev–Trinajstić information content (AvgIpc) is 3.11. The quantitative estimate of drug-likeness (QED) is 0.561. The van der Waals surface area contributed by atoms with Gasteiger partial charge in [-0.15, -0.1) is 0 Å². The summed E-state index contributed by atoms with van der Waals surface area (Å²) in [7, 11) is 0. The molecule has 5 fully saturated rings. The Bertz CT molecular complexity index is 1040. The molecule has 9 nitrogen and oxygen atoms in total. The molecule has 9 heteroatoms. The maximum atomic E-state index is 12.4. The van der Waals surface area contributed by atoms with Crippen molar-refractivity contribution in [3.05, 3.63) is 11.8 Å². The summed E-state index contributed by atoms with van der Waals surface area (Å²) in [6.45, 7) is 23.3. The molecule has 0 bridgehead atoms. The van der Waals surface area contributed by atoms with Gasteiger partial charge in [0.25, 0.3) is 0 Å². The average molecular weight is 543 g/mol. The van der Waals surface area contributed by atoms with E-state index in [9.17, 15) is 4.79 Å². The van der Waals surface area contributed by atoms with Crippen LogP contribution in [0.3, 0.4) is 0 Å². The molecule has 1 aliphatic carbocycles. The third kappa shape index (κ3) is 5.55. The zero-order valence-electron chi connectivity index (χ0n) is 25.1. The molecule has 0 radical (unpaired) electrons. The summed E-state index contributed by atoms with van der Waals surface area (Å²) in [6, 6.07) is 3.40. The molecule has 6 rings (SSSR count). The number of carbonyl (C=O) groups excluding carboxylic acids is 1. The molecule has 1 aromatic heterocycles. The van der Waals surface area contributed by atoms with Crippen LogP contribution < -0.4 is 4.90 Å². The fraction of sp³-hybridized carbons (Fsp3) is 0.867. The zero-order valence-corrected chi connectivity index (χ0v) is 25.1. The Morgan fingerprint density at radius 1 is 1.05 bits per heavy atom. The number of hydrogen-bond donors (Lipinski definition) is 0. The lowest BCUT2D eigenvalue weighted by Gasteiger charge is -2.58. The Labute approximate surface area is 234 Å². The maximum Gasteiger partial charge on any atom is 0.410 e. The van der Waals surface area contributed by atoms with Crippen LogP contribution in [0.1, 0.15) is 72.0 Å². The lowest BCUT2D eigenvalue weighted by molar-refractivity contribution is -0.0930. The molecule has 1 atom stereocenters. The Morgan fingerprint density at radius 3 is 2.33 bits per heavy atom. The van der Waals surface area contributed by atoms with Crippen molar-refractivity contribution in [2.75, 3.05) is 70.5 Å². The molecule has 1 saturated carbocycles. The van der Waals surface area contributed by atoms with E-state index in [0.717, 1.165) is 57.4 Å². The minimum absolute atomic E-state index is 0.0996. The number of nitrogens with zero attached hydrogens (tertiary/aromatic N) is 6. The molecule has 1 amide bonds. The molecule has 218 valence electrons. The number of carbonyl (C=O) groups is 1. The molecule has 0 unspecified atom stereocenters. The first kappa shape index (κ1) is 27.3. The van der Waals surface area contributed by atoms with Gasteiger partial charge in [0.15, 0.2) is 5.82 Å². The summed E-state index contributed by atoms with van der Waals surface area (Å²) in [5.74, 6) is 1.88. The van der Waals surface area contributed by atoms with Crippen LogP contribution in [0, 0.1) is 18.3 Å². The van der Waals surface area contributed by atoms with E-state index in [0.29, 0.717) is 12.1 Å². The largest absolute Gasteiger partial charge is 0.444 e. The summed E-state index contributed by atoms with van der Waals surface area (Å²) in [5, 5.41) is 5.17. The van der Waals surface area contributed by atoms with Gasteiger partial charge < -0.3 is 24.2 Å². The summed E-state index contributed by atoms with van der Waals surface area (Å²) in [5.41, 5.74) is 1.17. The van der Waals surface area contributed by atoms with Crippen molar-refractivity contribution in [3.63, 3.8) is 0 Å². The van der Waals surface area contributed by atoms with Gasteiger partial charge in [0.1, 0.15) is 5.60 Å². The van der Waals surface area contributed by atoms with E-state index in [1.54, 1.807) is 0 Å². The molecular formula is C30H50N6O3. The predicted molar refractivity (Wildman–Crippen MR) is 152 cm³/mol. The molecule has 0 N–H and O–H groups in total. The van der Waals surface area contributed by atoms with E-state index in [4.69, 9.17) is 14.6 Å². The summed E-state index contributed by atoms with van der Waals surface area (Å²) in [6.07, 6.45) is 4.47. The fourth-order valence-corrected chi connectivity index (χ4v) is 7.79. The van der Waals surface area contributed by atoms with Gasteiger partial charge in [-0.1, -0.05) is 0 Å². The van der Waals surface area contributed by atoms with E-state index < -0.39 is 5.60 Å². The predicted octanol–water partition coefficient (Wildman–Crippen LogP) is 3.77. The number of amides is 1. The number of piperidine rings is 1. The first-order valence-electron chi connectivity index (χ1n) is 15.3. The van der Waals surface area contributed by atoms with Crippen LogP contribution in [-0.4, -0.2) is 113 Å². The van der Waals surface area contributed by atoms with Crippen molar-refractivity contribution in [3.8, 4) is 0 Å². The maximum absolute atomic E-state index is 12.4. The fourth-order valence-electron chi connectivity index (χ4n) is 7.79. The van der Waals surface area contributed by atoms with E-state index in [-0.39, 0.29) is 17.0 Å². The number of likely N-dealkylation sites (tertiary alicyclic amines) is 1. The molecule has 0 aromatic carbocycles. The Morgan fingerprint density at radius 2 is 1.74 bits per heavy atom. The van der Waals surface area contributed by atoms with Crippen LogP contribution in [0.2, 0.25) is 0 Å². The highest BCUT2D eigenvalue weighted by atomic mass is 16.6. The first-order chi connectivity index (χ1) is 18.4. The van der Waals surface area contributed by atoms with Crippen LogP contribution in [-0.2, 0) is 9.47 Å². The van der Waals surface area contributed by atoms with Crippen molar-refractivity contribution in [1.29, 1.82) is 0 Å². The van der Waals surface area contributed by atoms with E-state index in [2.05, 4.69) is 46.2 Å². The van der Waals surface area contributed by atoms with Crippen LogP contribution in [0.15, 0.2) is 6.07 Å². The van der Waals surface area contributed by atoms with Crippen molar-refractivity contribution in [1.82, 2.24) is 24.5 Å². The van der Waals surface area contributed by atoms with Gasteiger partial charge in [0.05, 0.1) is 25.3 Å². The van der Waals surface area contributed by atoms with Crippen LogP contribution in [0.4, 0.5) is 10.6 Å². The smallest absolute Gasteiger partial charge is 0.410 e. The minimum Gasteiger partial charge on any atom is -0.444 e. The van der Waals surface area contributed by atoms with Crippen LogP contribution in [0.5, 0.6) is 0 Å². The molecule has 5 aliphatic rings. The highest BCUT2D eigenvalue weighted by molar-refractivity contribution is 5.69. The molecular weight excluding hydrogens is 492 g/mol. The number of rotatable bonds is 5. The van der Waals surface area contributed by atoms with Crippen molar-refractivity contribution < 1.29 is 14.3 Å². The van der Waals surface area contributed by atoms with Gasteiger partial charge in [0.2, 0.25) is 0 Å². The third-order valence-electron chi connectivity index (χ3n) is 9.91. The van der Waals surface area contributed by atoms with Crippen molar-refractivity contribution in [2.24, 2.45) is 11.3 Å². The highest BCUT2D eigenvalue weighted by Gasteiger charge is 2.55. The normalized spacial score (nSPS) is 28.2. The number of piperazine rings is 1. The second kappa shape index (κ2) is 9.91. The lowest BCUT2D eigenvalue weighted by Crippen LogP contribution is -2.64. The second-order valence-corrected chi connectivity index (χ2v) is 14.8. The van der Waals surface area contributed by atoms with Gasteiger partial charge in [-0.25, -0.2) is 4.79 Å². The summed E-state index contributed by atoms with van der Waals surface area (Å²) >= 11 is 0. The van der Waals surface area contributed by atoms with E-state index in [1.807, 2.05) is 25.7 Å². The summed E-state index contributed by atoms with van der Waals surface area (Å²) in [4.78, 5) is 22.1. The molecule has 39 heavy (non-hydrogen) atoms. The monoisotopic (exact) mass is 542 g/mol. The molecule has 1 spiro atoms. The molecule has 1 aromatic rings. The van der Waals surface area contributed by atoms with Crippen LogP contribution in [0.25, 0.3) is 0 Å². The summed E-state index contributed by atoms with van der Waals surface area (Å²) < 4.78 is 13.2. The van der Waals surface area contributed by atoms with E-state index in [1.165, 1.54) is 51.3 Å². The number of aryl methyl sites for hydroxylation is 1. The second-order valence-electron chi connectivity index (χ2n) is 14.8. The Kier molecular flexibility index (Phi) is 6.95. The van der Waals surface area contributed by atoms with Crippen LogP contribution >= 0.6 is 0 Å². The number of hydrogen-bond acceptors (Lipinski definition) is 7. The minimum atomic E-state index is -0.437. The standard InChI is InChI=1S/C30H50N6O3/c1-22-13-26(31-36(22)24-15-30(16-24)20-34(21-30)27(37)39-28(2,3)4)35-8-7-23(14-29(35,5)6)17-32-9-11-33(12-10-32)25-18-38-19-25/h13,23-25H,7-12,14-21H2,1-6H3/t23-/m1/s1. The molecule has 4 aliphatic heterocycles. The number of aromatic nitrogens is 2. The number of ether oxygens (including phenoxy) is 2. The first-order valence-corrected chi connectivity index (χ1v) is 15.3. The highest BCUT2D eigenvalue weighted by Crippen LogP contribution is 2.54. The zero-order chi connectivity index (χ0) is 27.6. The lowest BCUT2D eigenvalue weighted by atomic mass is 9.61. The SMILES string of the molecule is Cc1cc(N2CC[C@@H](CN3CCN(C4COC4)CC3)CC2(C)C)nn1C1CC2(C1)CN(C(=O)OC(C)(C)C)C2. The van der Waals surface area contributed by atoms with Gasteiger partial charge in [-0.2, -0.15) is 5.10 Å². The molecule has 5 heterocycles. The molecule has 4 saturated heterocycles. The van der Waals surface area contributed by atoms with E-state index >= 15 is 0 Å². The number of anilines is 1. The van der Waals surface area contributed by atoms with Gasteiger partial charge in [0, 0.05) is 75.1 Å². The topological polar surface area (TPSA) is 66.3 Å². The van der Waals surface area contributed by atoms with Gasteiger partial charge in [-0.3, -0.25) is 9.58 Å². The Balaban J connectivity index is 0.993. The van der Waals surface area contributed by atoms with Gasteiger partial charge in [-0.05, 0) is 73.1 Å². The van der Waals surface area contributed by atoms with Crippen molar-refractivity contribution >= 4 is 11.9 Å². The van der Waals surface area contributed by atoms with Gasteiger partial charge >= 0.3 is 6.09 Å².